The lowest BCUT2D eigenvalue weighted by molar-refractivity contribution is -0.147. The third kappa shape index (κ3) is 4.60. The van der Waals surface area contributed by atoms with Crippen molar-refractivity contribution in [1.29, 1.82) is 0 Å². The minimum atomic E-state index is -0.0500. The number of ether oxygens (including phenoxy) is 1. The zero-order valence-corrected chi connectivity index (χ0v) is 12.3. The van der Waals surface area contributed by atoms with Crippen LogP contribution in [0.15, 0.2) is 0 Å². The van der Waals surface area contributed by atoms with Crippen molar-refractivity contribution < 1.29 is 9.53 Å². The first-order chi connectivity index (χ1) is 8.70. The predicted octanol–water partition coefficient (Wildman–Crippen LogP) is 3.23. The molecule has 18 heavy (non-hydrogen) atoms. The van der Waals surface area contributed by atoms with E-state index in [1.165, 1.54) is 45.6 Å². The van der Waals surface area contributed by atoms with Crippen LogP contribution in [0.5, 0.6) is 0 Å². The molecule has 3 nitrogen and oxygen atoms in total. The van der Waals surface area contributed by atoms with Gasteiger partial charge in [0.2, 0.25) is 0 Å². The van der Waals surface area contributed by atoms with Gasteiger partial charge in [-0.15, -0.1) is 0 Å². The van der Waals surface area contributed by atoms with Gasteiger partial charge in [0.1, 0.15) is 6.04 Å². The first kappa shape index (κ1) is 15.5. The molecule has 1 rings (SSSR count). The van der Waals surface area contributed by atoms with Crippen LogP contribution in [0.2, 0.25) is 0 Å². The van der Waals surface area contributed by atoms with Gasteiger partial charge in [0.25, 0.3) is 0 Å². The van der Waals surface area contributed by atoms with E-state index in [1.54, 1.807) is 0 Å². The van der Waals surface area contributed by atoms with Crippen molar-refractivity contribution in [2.24, 2.45) is 5.92 Å². The fourth-order valence-corrected chi connectivity index (χ4v) is 2.87. The van der Waals surface area contributed by atoms with E-state index in [4.69, 9.17) is 4.74 Å². The summed E-state index contributed by atoms with van der Waals surface area (Å²) in [7, 11) is 1.50. The van der Waals surface area contributed by atoms with Crippen molar-refractivity contribution in [3.8, 4) is 0 Å². The maximum atomic E-state index is 11.7. The highest BCUT2D eigenvalue weighted by molar-refractivity contribution is 5.76. The maximum Gasteiger partial charge on any atom is 0.323 e. The fraction of sp³-hybridized carbons (Fsp3) is 0.933. The molecule has 0 aromatic carbocycles. The molecule has 0 spiro atoms. The molecule has 2 atom stereocenters. The van der Waals surface area contributed by atoms with E-state index in [0.717, 1.165) is 19.5 Å². The maximum absolute atomic E-state index is 11.7. The highest BCUT2D eigenvalue weighted by atomic mass is 16.5. The summed E-state index contributed by atoms with van der Waals surface area (Å²) in [5.74, 6) is 0.392. The number of carbonyl (C=O) groups excluding carboxylic acids is 1. The molecule has 0 N–H and O–H groups in total. The summed E-state index contributed by atoms with van der Waals surface area (Å²) >= 11 is 0. The lowest BCUT2D eigenvalue weighted by Crippen LogP contribution is -2.40. The van der Waals surface area contributed by atoms with Crippen molar-refractivity contribution in [3.63, 3.8) is 0 Å². The lowest BCUT2D eigenvalue weighted by atomic mass is 10.0. The van der Waals surface area contributed by atoms with Crippen molar-refractivity contribution in [1.82, 2.24) is 4.90 Å². The van der Waals surface area contributed by atoms with Crippen LogP contribution in [-0.2, 0) is 9.53 Å². The Kier molecular flexibility index (Phi) is 7.33. The van der Waals surface area contributed by atoms with Crippen molar-refractivity contribution >= 4 is 5.97 Å². The van der Waals surface area contributed by atoms with Gasteiger partial charge in [-0.3, -0.25) is 9.69 Å². The Bertz CT molecular complexity index is 243. The Balaban J connectivity index is 2.22. The summed E-state index contributed by atoms with van der Waals surface area (Å²) in [6.45, 7) is 6.50. The second kappa shape index (κ2) is 8.52. The zero-order chi connectivity index (χ0) is 13.4. The highest BCUT2D eigenvalue weighted by Crippen LogP contribution is 2.25. The van der Waals surface area contributed by atoms with Gasteiger partial charge in [0, 0.05) is 0 Å². The molecule has 0 aromatic heterocycles. The molecule has 1 aliphatic heterocycles. The molecule has 3 heteroatoms. The van der Waals surface area contributed by atoms with Crippen LogP contribution >= 0.6 is 0 Å². The van der Waals surface area contributed by atoms with Gasteiger partial charge in [0.15, 0.2) is 0 Å². The van der Waals surface area contributed by atoms with Gasteiger partial charge in [-0.1, -0.05) is 46.0 Å². The normalized spacial score (nSPS) is 24.4. The molecule has 1 saturated heterocycles. The second-order valence-electron chi connectivity index (χ2n) is 5.54. The summed E-state index contributed by atoms with van der Waals surface area (Å²) in [5, 5.41) is 0. The van der Waals surface area contributed by atoms with Crippen LogP contribution in [0.25, 0.3) is 0 Å². The van der Waals surface area contributed by atoms with Gasteiger partial charge >= 0.3 is 5.97 Å². The molecule has 106 valence electrons. The lowest BCUT2D eigenvalue weighted by Gasteiger charge is -2.24. The number of nitrogens with zero attached hydrogens (tertiary/aromatic N) is 1. The topological polar surface area (TPSA) is 29.5 Å². The minimum absolute atomic E-state index is 0.00522. The van der Waals surface area contributed by atoms with E-state index in [-0.39, 0.29) is 12.0 Å². The Labute approximate surface area is 112 Å². The van der Waals surface area contributed by atoms with Gasteiger partial charge in [0.05, 0.1) is 7.11 Å². The van der Waals surface area contributed by atoms with Crippen LogP contribution in [0.3, 0.4) is 0 Å². The van der Waals surface area contributed by atoms with E-state index in [0.29, 0.717) is 5.92 Å². The average Bonchev–Trinajstić information content (AvgIpc) is 2.74. The van der Waals surface area contributed by atoms with E-state index >= 15 is 0 Å². The molecule has 0 saturated carbocycles. The van der Waals surface area contributed by atoms with Crippen LogP contribution < -0.4 is 0 Å². The van der Waals surface area contributed by atoms with Crippen LogP contribution in [-0.4, -0.2) is 37.1 Å². The zero-order valence-electron chi connectivity index (χ0n) is 12.3. The minimum Gasteiger partial charge on any atom is -0.468 e. The third-order valence-electron chi connectivity index (χ3n) is 4.05. The highest BCUT2D eigenvalue weighted by Gasteiger charge is 2.36. The van der Waals surface area contributed by atoms with E-state index in [1.807, 2.05) is 0 Å². The molecule has 0 unspecified atom stereocenters. The third-order valence-corrected chi connectivity index (χ3v) is 4.05. The van der Waals surface area contributed by atoms with Crippen LogP contribution in [0.1, 0.15) is 58.8 Å². The number of rotatable bonds is 8. The summed E-state index contributed by atoms with van der Waals surface area (Å²) in [6.07, 6.45) is 8.96. The molecule has 1 aliphatic rings. The molecule has 0 bridgehead atoms. The number of hydrogen-bond donors (Lipinski definition) is 0. The predicted molar refractivity (Wildman–Crippen MR) is 74.5 cm³/mol. The molecule has 0 aromatic rings. The van der Waals surface area contributed by atoms with E-state index < -0.39 is 0 Å². The Morgan fingerprint density at radius 1 is 1.22 bits per heavy atom. The number of hydrogen-bond acceptors (Lipinski definition) is 3. The smallest absolute Gasteiger partial charge is 0.323 e. The Hall–Kier alpha value is -0.570. The quantitative estimate of drug-likeness (QED) is 0.492. The summed E-state index contributed by atoms with van der Waals surface area (Å²) in [5.41, 5.74) is 0. The van der Waals surface area contributed by atoms with E-state index in [9.17, 15) is 4.79 Å². The number of unbranched alkanes of at least 4 members (excludes halogenated alkanes) is 5. The van der Waals surface area contributed by atoms with Gasteiger partial charge in [-0.25, -0.2) is 0 Å². The molecule has 0 aliphatic carbocycles. The number of carbonyl (C=O) groups is 1. The Morgan fingerprint density at radius 3 is 2.56 bits per heavy atom. The molecule has 1 heterocycles. The first-order valence-corrected chi connectivity index (χ1v) is 7.52. The van der Waals surface area contributed by atoms with Gasteiger partial charge in [-0.05, 0) is 31.8 Å². The van der Waals surface area contributed by atoms with Crippen LogP contribution in [0, 0.1) is 5.92 Å². The molecule has 0 amide bonds. The number of likely N-dealkylation sites (tertiary alicyclic amines) is 1. The molecular formula is C15H29NO2. The fourth-order valence-electron chi connectivity index (χ4n) is 2.87. The van der Waals surface area contributed by atoms with Crippen molar-refractivity contribution in [3.05, 3.63) is 0 Å². The van der Waals surface area contributed by atoms with Crippen molar-refractivity contribution in [2.75, 3.05) is 20.2 Å². The summed E-state index contributed by atoms with van der Waals surface area (Å²) < 4.78 is 4.91. The first-order valence-electron chi connectivity index (χ1n) is 7.52. The summed E-state index contributed by atoms with van der Waals surface area (Å²) in [4.78, 5) is 14.1. The van der Waals surface area contributed by atoms with Gasteiger partial charge in [-0.2, -0.15) is 0 Å². The molecular weight excluding hydrogens is 226 g/mol. The van der Waals surface area contributed by atoms with Gasteiger partial charge < -0.3 is 4.74 Å². The Morgan fingerprint density at radius 2 is 1.89 bits per heavy atom. The van der Waals surface area contributed by atoms with E-state index in [2.05, 4.69) is 18.7 Å². The monoisotopic (exact) mass is 255 g/mol. The largest absolute Gasteiger partial charge is 0.468 e. The van der Waals surface area contributed by atoms with Crippen molar-refractivity contribution in [2.45, 2.75) is 64.8 Å². The number of esters is 1. The standard InChI is InChI=1S/C15H29NO2/c1-4-5-6-7-8-9-11-16-12-10-13(2)14(16)15(17)18-3/h13-14H,4-12H2,1-3H3/t13-,14-/m0/s1. The summed E-state index contributed by atoms with van der Waals surface area (Å²) in [6, 6.07) is 0.00522. The molecule has 1 fully saturated rings. The molecule has 0 radical (unpaired) electrons. The average molecular weight is 255 g/mol. The number of methoxy groups -OCH3 is 1. The van der Waals surface area contributed by atoms with Crippen LogP contribution in [0.4, 0.5) is 0 Å². The SMILES string of the molecule is CCCCCCCCN1CC[C@H](C)[C@H]1C(=O)OC. The second-order valence-corrected chi connectivity index (χ2v) is 5.54.